The van der Waals surface area contributed by atoms with Crippen LogP contribution in [0.5, 0.6) is 5.88 Å². The van der Waals surface area contributed by atoms with Gasteiger partial charge in [-0.25, -0.2) is 0 Å². The first-order valence-corrected chi connectivity index (χ1v) is 15.9. The van der Waals surface area contributed by atoms with E-state index < -0.39 is 22.9 Å². The van der Waals surface area contributed by atoms with Crippen LogP contribution < -0.4 is 10.9 Å². The Morgan fingerprint density at radius 1 is 0.953 bits per heavy atom. The molecule has 0 bridgehead atoms. The number of unbranched alkanes of at least 4 members (excludes halogenated alkanes) is 2. The predicted molar refractivity (Wildman–Crippen MR) is 174 cm³/mol. The molecule has 1 heterocycles. The summed E-state index contributed by atoms with van der Waals surface area (Å²) in [5, 5.41) is 21.9. The molecule has 2 unspecified atom stereocenters. The number of nitrogens with zero attached hydrogens (tertiary/aromatic N) is 3. The van der Waals surface area contributed by atoms with Gasteiger partial charge in [0, 0.05) is 24.2 Å². The fraction of sp³-hybridized carbons (Fsp3) is 0.618. The number of hydrogen-bond acceptors (Lipinski definition) is 6. The highest BCUT2D eigenvalue weighted by Crippen LogP contribution is 2.32. The Morgan fingerprint density at radius 2 is 1.51 bits per heavy atom. The number of hydrogen-bond donors (Lipinski definition) is 3. The zero-order valence-electron chi connectivity index (χ0n) is 27.5. The second-order valence-electron chi connectivity index (χ2n) is 12.6. The first kappa shape index (κ1) is 35.7. The minimum absolute atomic E-state index is 0.0333. The van der Waals surface area contributed by atoms with Crippen LogP contribution in [0.2, 0.25) is 0 Å². The SMILES string of the molecule is CCCCC(CC)CN(CC(CC)CCCC)C(=O)c1ccccc1/N=N/c1c(O)[nH]c(=O)c(C(=O)NC(C)(C)C)c1C. The molecule has 0 radical (unpaired) electrons. The van der Waals surface area contributed by atoms with E-state index in [9.17, 15) is 19.5 Å². The van der Waals surface area contributed by atoms with Crippen LogP contribution in [-0.2, 0) is 0 Å². The third-order valence-electron chi connectivity index (χ3n) is 7.85. The van der Waals surface area contributed by atoms with Gasteiger partial charge in [-0.15, -0.1) is 10.2 Å². The van der Waals surface area contributed by atoms with Crippen molar-refractivity contribution in [3.63, 3.8) is 0 Å². The maximum atomic E-state index is 14.2. The highest BCUT2D eigenvalue weighted by Gasteiger charge is 2.26. The van der Waals surface area contributed by atoms with E-state index in [1.807, 2.05) is 31.7 Å². The molecule has 238 valence electrons. The molecule has 0 aliphatic rings. The van der Waals surface area contributed by atoms with E-state index in [2.05, 4.69) is 48.2 Å². The maximum Gasteiger partial charge on any atom is 0.263 e. The summed E-state index contributed by atoms with van der Waals surface area (Å²) < 4.78 is 0. The van der Waals surface area contributed by atoms with Gasteiger partial charge in [-0.05, 0) is 64.5 Å². The average Bonchev–Trinajstić information content (AvgIpc) is 2.95. The molecule has 3 N–H and O–H groups in total. The first-order chi connectivity index (χ1) is 20.4. The van der Waals surface area contributed by atoms with E-state index in [0.717, 1.165) is 51.4 Å². The number of carbonyl (C=O) groups excluding carboxylic acids is 2. The Morgan fingerprint density at radius 3 is 2.02 bits per heavy atom. The number of H-pyrrole nitrogens is 1. The number of pyridine rings is 1. The molecule has 0 aliphatic carbocycles. The largest absolute Gasteiger partial charge is 0.493 e. The molecule has 2 aromatic rings. The third kappa shape index (κ3) is 10.6. The van der Waals surface area contributed by atoms with Crippen molar-refractivity contribution < 1.29 is 14.7 Å². The van der Waals surface area contributed by atoms with Gasteiger partial charge in [-0.3, -0.25) is 19.4 Å². The Bertz CT molecular complexity index is 1280. The number of nitrogens with one attached hydrogen (secondary N) is 2. The average molecular weight is 596 g/mol. The summed E-state index contributed by atoms with van der Waals surface area (Å²) in [4.78, 5) is 43.9. The summed E-state index contributed by atoms with van der Waals surface area (Å²) in [5.74, 6) is -0.324. The minimum atomic E-state index is -0.718. The topological polar surface area (TPSA) is 127 Å². The number of aromatic hydroxyl groups is 1. The second-order valence-corrected chi connectivity index (χ2v) is 12.6. The molecule has 0 fully saturated rings. The number of amides is 2. The number of azo groups is 1. The molecule has 0 saturated heterocycles. The lowest BCUT2D eigenvalue weighted by Gasteiger charge is -2.31. The van der Waals surface area contributed by atoms with Crippen LogP contribution >= 0.6 is 0 Å². The highest BCUT2D eigenvalue weighted by atomic mass is 16.3. The highest BCUT2D eigenvalue weighted by molar-refractivity contribution is 5.99. The van der Waals surface area contributed by atoms with E-state index in [-0.39, 0.29) is 22.7 Å². The molecule has 2 atom stereocenters. The van der Waals surface area contributed by atoms with Crippen LogP contribution in [0, 0.1) is 18.8 Å². The molecule has 0 saturated carbocycles. The van der Waals surface area contributed by atoms with Crippen molar-refractivity contribution in [3.05, 3.63) is 51.3 Å². The van der Waals surface area contributed by atoms with Gasteiger partial charge in [-0.2, -0.15) is 0 Å². The van der Waals surface area contributed by atoms with Gasteiger partial charge >= 0.3 is 0 Å². The summed E-state index contributed by atoms with van der Waals surface area (Å²) in [5.41, 5.74) is -0.492. The van der Waals surface area contributed by atoms with Crippen molar-refractivity contribution in [2.75, 3.05) is 13.1 Å². The van der Waals surface area contributed by atoms with Crippen LogP contribution in [-0.4, -0.2) is 45.4 Å². The number of aromatic nitrogens is 1. The van der Waals surface area contributed by atoms with Crippen molar-refractivity contribution in [2.45, 2.75) is 112 Å². The van der Waals surface area contributed by atoms with Gasteiger partial charge in [0.15, 0.2) is 0 Å². The molecule has 1 aromatic carbocycles. The molecule has 1 aromatic heterocycles. The standard InChI is InChI=1S/C34H53N5O4/c1-9-13-17-24(11-3)21-39(22-25(12-4)18-14-10-2)33(43)26-19-15-16-20-27(26)37-38-29-23(5)28(30(40)35-32(29)42)31(41)36-34(6,7)8/h15-16,19-20,24-25H,9-14,17-18,21-22H2,1-8H3,(H,36,41)(H2,35,40,42)/b38-37+. The molecule has 0 aliphatic heterocycles. The van der Waals surface area contributed by atoms with Crippen LogP contribution in [0.15, 0.2) is 39.3 Å². The second kappa shape index (κ2) is 17.0. The molecule has 43 heavy (non-hydrogen) atoms. The number of aromatic amines is 1. The van der Waals surface area contributed by atoms with E-state index in [0.29, 0.717) is 36.2 Å². The zero-order chi connectivity index (χ0) is 32.2. The molecule has 9 nitrogen and oxygen atoms in total. The first-order valence-electron chi connectivity index (χ1n) is 15.9. The summed E-state index contributed by atoms with van der Waals surface area (Å²) in [7, 11) is 0. The van der Waals surface area contributed by atoms with Crippen molar-refractivity contribution in [3.8, 4) is 5.88 Å². The fourth-order valence-corrected chi connectivity index (χ4v) is 5.21. The van der Waals surface area contributed by atoms with Crippen molar-refractivity contribution >= 4 is 23.2 Å². The van der Waals surface area contributed by atoms with Crippen LogP contribution in [0.25, 0.3) is 0 Å². The quantitative estimate of drug-likeness (QED) is 0.169. The van der Waals surface area contributed by atoms with E-state index in [1.165, 1.54) is 0 Å². The number of rotatable bonds is 16. The van der Waals surface area contributed by atoms with Gasteiger partial charge < -0.3 is 15.3 Å². The maximum absolute atomic E-state index is 14.2. The van der Waals surface area contributed by atoms with E-state index in [1.54, 1.807) is 25.1 Å². The molecule has 9 heteroatoms. The third-order valence-corrected chi connectivity index (χ3v) is 7.85. The number of carbonyl (C=O) groups is 2. The monoisotopic (exact) mass is 595 g/mol. The van der Waals surface area contributed by atoms with Crippen LogP contribution in [0.3, 0.4) is 0 Å². The lowest BCUT2D eigenvalue weighted by Crippen LogP contribution is -2.43. The van der Waals surface area contributed by atoms with Gasteiger partial charge in [-0.1, -0.05) is 78.4 Å². The van der Waals surface area contributed by atoms with Gasteiger partial charge in [0.2, 0.25) is 5.88 Å². The van der Waals surface area contributed by atoms with Crippen molar-refractivity contribution in [2.24, 2.45) is 22.1 Å². The van der Waals surface area contributed by atoms with Gasteiger partial charge in [0.1, 0.15) is 11.3 Å². The summed E-state index contributed by atoms with van der Waals surface area (Å²) in [6.45, 7) is 17.1. The predicted octanol–water partition coefficient (Wildman–Crippen LogP) is 8.21. The Balaban J connectivity index is 2.50. The molecular formula is C34H53N5O4. The smallest absolute Gasteiger partial charge is 0.263 e. The minimum Gasteiger partial charge on any atom is -0.493 e. The fourth-order valence-electron chi connectivity index (χ4n) is 5.21. The summed E-state index contributed by atoms with van der Waals surface area (Å²) in [6, 6.07) is 7.06. The lowest BCUT2D eigenvalue weighted by molar-refractivity contribution is 0.0685. The Labute approximate surface area is 257 Å². The summed E-state index contributed by atoms with van der Waals surface area (Å²) in [6.07, 6.45) is 8.70. The normalized spacial score (nSPS) is 13.2. The Hall–Kier alpha value is -3.49. The zero-order valence-corrected chi connectivity index (χ0v) is 27.5. The molecule has 0 spiro atoms. The lowest BCUT2D eigenvalue weighted by atomic mass is 9.95. The molecular weight excluding hydrogens is 542 g/mol. The van der Waals surface area contributed by atoms with Gasteiger partial charge in [0.25, 0.3) is 17.4 Å². The van der Waals surface area contributed by atoms with Crippen molar-refractivity contribution in [1.29, 1.82) is 0 Å². The number of benzene rings is 1. The van der Waals surface area contributed by atoms with E-state index >= 15 is 0 Å². The Kier molecular flexibility index (Phi) is 14.1. The molecule has 2 rings (SSSR count). The van der Waals surface area contributed by atoms with Crippen molar-refractivity contribution in [1.82, 2.24) is 15.2 Å². The molecule has 2 amide bonds. The van der Waals surface area contributed by atoms with Gasteiger partial charge in [0.05, 0.1) is 11.3 Å². The summed E-state index contributed by atoms with van der Waals surface area (Å²) >= 11 is 0. The van der Waals surface area contributed by atoms with E-state index in [4.69, 9.17) is 0 Å². The van der Waals surface area contributed by atoms with Crippen LogP contribution in [0.4, 0.5) is 11.4 Å². The van der Waals surface area contributed by atoms with Crippen LogP contribution in [0.1, 0.15) is 126 Å².